The van der Waals surface area contributed by atoms with Crippen LogP contribution in [0, 0.1) is 11.3 Å². The first kappa shape index (κ1) is 16.9. The van der Waals surface area contributed by atoms with Crippen molar-refractivity contribution in [3.05, 3.63) is 24.2 Å². The standard InChI is InChI=1S/C19H29N3O3/c1-18(23,14-6-5-10-24-14)12-21-17(20-2)22-15-13-7-11-25-16(13)19(15)8-3-4-9-19/h5-6,10,13,15-16,23H,3-4,7-9,11-12H2,1-2H3,(H2,20,21,22). The van der Waals surface area contributed by atoms with E-state index in [9.17, 15) is 5.11 Å². The number of nitrogens with zero attached hydrogens (tertiary/aromatic N) is 1. The Balaban J connectivity index is 1.40. The Hall–Kier alpha value is -1.53. The van der Waals surface area contributed by atoms with Crippen molar-refractivity contribution in [2.45, 2.75) is 56.8 Å². The van der Waals surface area contributed by atoms with Crippen LogP contribution in [0.3, 0.4) is 0 Å². The van der Waals surface area contributed by atoms with Gasteiger partial charge in [-0.15, -0.1) is 0 Å². The molecular formula is C19H29N3O3. The highest BCUT2D eigenvalue weighted by Gasteiger charge is 2.65. The third kappa shape index (κ3) is 2.75. The quantitative estimate of drug-likeness (QED) is 0.573. The Morgan fingerprint density at radius 3 is 2.92 bits per heavy atom. The van der Waals surface area contributed by atoms with E-state index in [-0.39, 0.29) is 5.41 Å². The second-order valence-electron chi connectivity index (χ2n) is 7.98. The minimum atomic E-state index is -1.08. The molecule has 2 saturated carbocycles. The Morgan fingerprint density at radius 1 is 1.44 bits per heavy atom. The summed E-state index contributed by atoms with van der Waals surface area (Å²) in [7, 11) is 1.78. The number of furan rings is 1. The number of fused-ring (bicyclic) bond motifs is 2. The predicted octanol–water partition coefficient (Wildman–Crippen LogP) is 2.00. The third-order valence-electron chi connectivity index (χ3n) is 6.45. The molecule has 0 amide bonds. The fraction of sp³-hybridized carbons (Fsp3) is 0.737. The van der Waals surface area contributed by atoms with Crippen molar-refractivity contribution in [2.24, 2.45) is 16.3 Å². The maximum atomic E-state index is 10.6. The largest absolute Gasteiger partial charge is 0.466 e. The van der Waals surface area contributed by atoms with Crippen molar-refractivity contribution >= 4 is 5.96 Å². The highest BCUT2D eigenvalue weighted by atomic mass is 16.5. The van der Waals surface area contributed by atoms with Crippen LogP contribution >= 0.6 is 0 Å². The van der Waals surface area contributed by atoms with Gasteiger partial charge in [0.15, 0.2) is 5.96 Å². The van der Waals surface area contributed by atoms with Gasteiger partial charge in [0.1, 0.15) is 11.4 Å². The molecule has 0 bridgehead atoms. The molecule has 2 heterocycles. The van der Waals surface area contributed by atoms with Gasteiger partial charge in [-0.2, -0.15) is 0 Å². The zero-order valence-electron chi connectivity index (χ0n) is 15.1. The number of aliphatic hydroxyl groups is 1. The molecule has 1 aliphatic heterocycles. The van der Waals surface area contributed by atoms with Crippen LogP contribution in [-0.4, -0.2) is 43.4 Å². The highest BCUT2D eigenvalue weighted by molar-refractivity contribution is 5.80. The fourth-order valence-electron chi connectivity index (χ4n) is 5.17. The number of rotatable bonds is 4. The van der Waals surface area contributed by atoms with Gasteiger partial charge >= 0.3 is 0 Å². The Bertz CT molecular complexity index is 620. The Kier molecular flexibility index (Phi) is 4.28. The van der Waals surface area contributed by atoms with Crippen molar-refractivity contribution in [1.82, 2.24) is 10.6 Å². The summed E-state index contributed by atoms with van der Waals surface area (Å²) in [5.41, 5.74) is -0.799. The fourth-order valence-corrected chi connectivity index (χ4v) is 5.17. The van der Waals surface area contributed by atoms with Crippen molar-refractivity contribution < 1.29 is 14.3 Å². The molecule has 6 heteroatoms. The molecule has 25 heavy (non-hydrogen) atoms. The number of nitrogens with one attached hydrogen (secondary N) is 2. The summed E-state index contributed by atoms with van der Waals surface area (Å²) < 4.78 is 11.4. The zero-order valence-corrected chi connectivity index (χ0v) is 15.1. The van der Waals surface area contributed by atoms with Gasteiger partial charge in [-0.1, -0.05) is 12.8 Å². The monoisotopic (exact) mass is 347 g/mol. The molecule has 1 spiro atoms. The van der Waals surface area contributed by atoms with E-state index in [1.165, 1.54) is 25.7 Å². The second kappa shape index (κ2) is 6.32. The summed E-state index contributed by atoms with van der Waals surface area (Å²) in [5, 5.41) is 17.5. The van der Waals surface area contributed by atoms with Crippen LogP contribution in [0.25, 0.3) is 0 Å². The van der Waals surface area contributed by atoms with Crippen molar-refractivity contribution in [2.75, 3.05) is 20.2 Å². The lowest BCUT2D eigenvalue weighted by Crippen LogP contribution is -2.69. The van der Waals surface area contributed by atoms with Crippen LogP contribution in [0.15, 0.2) is 27.8 Å². The summed E-state index contributed by atoms with van der Waals surface area (Å²) in [6.07, 6.45) is 8.21. The summed E-state index contributed by atoms with van der Waals surface area (Å²) >= 11 is 0. The molecule has 3 aliphatic rings. The van der Waals surface area contributed by atoms with E-state index in [2.05, 4.69) is 15.6 Å². The average Bonchev–Trinajstić information content (AvgIpc) is 3.34. The average molecular weight is 347 g/mol. The molecule has 1 aromatic heterocycles. The van der Waals surface area contributed by atoms with E-state index in [4.69, 9.17) is 9.15 Å². The van der Waals surface area contributed by atoms with E-state index in [1.54, 1.807) is 32.4 Å². The highest BCUT2D eigenvalue weighted by Crippen LogP contribution is 2.60. The van der Waals surface area contributed by atoms with Crippen LogP contribution in [0.4, 0.5) is 0 Å². The van der Waals surface area contributed by atoms with E-state index < -0.39 is 5.60 Å². The SMILES string of the molecule is CN=C(NCC(C)(O)c1ccco1)NC1C2CCOC2C12CCCC2. The topological polar surface area (TPSA) is 79.0 Å². The van der Waals surface area contributed by atoms with Crippen molar-refractivity contribution in [3.63, 3.8) is 0 Å². The summed E-state index contributed by atoms with van der Waals surface area (Å²) in [4.78, 5) is 4.37. The lowest BCUT2D eigenvalue weighted by atomic mass is 9.54. The first-order valence-corrected chi connectivity index (χ1v) is 9.42. The number of aliphatic imine (C=N–C) groups is 1. The zero-order chi connectivity index (χ0) is 17.5. The van der Waals surface area contributed by atoms with Crippen LogP contribution in [0.1, 0.15) is 44.8 Å². The molecule has 1 aromatic rings. The first-order chi connectivity index (χ1) is 12.1. The molecule has 4 rings (SSSR count). The molecule has 4 atom stereocenters. The number of hydrogen-bond donors (Lipinski definition) is 3. The van der Waals surface area contributed by atoms with E-state index >= 15 is 0 Å². The maximum Gasteiger partial charge on any atom is 0.191 e. The van der Waals surface area contributed by atoms with Gasteiger partial charge in [0.2, 0.25) is 0 Å². The van der Waals surface area contributed by atoms with Gasteiger partial charge in [0, 0.05) is 31.0 Å². The Labute approximate surface area is 149 Å². The number of hydrogen-bond acceptors (Lipinski definition) is 4. The number of ether oxygens (including phenoxy) is 1. The summed E-state index contributed by atoms with van der Waals surface area (Å²) in [5.74, 6) is 1.88. The molecule has 4 unspecified atom stereocenters. The van der Waals surface area contributed by atoms with Gasteiger partial charge in [0.05, 0.1) is 18.9 Å². The minimum Gasteiger partial charge on any atom is -0.466 e. The lowest BCUT2D eigenvalue weighted by molar-refractivity contribution is -0.125. The Morgan fingerprint density at radius 2 is 2.24 bits per heavy atom. The van der Waals surface area contributed by atoms with Crippen molar-refractivity contribution in [1.29, 1.82) is 0 Å². The summed E-state index contributed by atoms with van der Waals surface area (Å²) in [6, 6.07) is 4.00. The molecular weight excluding hydrogens is 318 g/mol. The van der Waals surface area contributed by atoms with E-state index in [0.717, 1.165) is 19.0 Å². The lowest BCUT2D eigenvalue weighted by Gasteiger charge is -2.57. The van der Waals surface area contributed by atoms with Crippen LogP contribution in [-0.2, 0) is 10.3 Å². The van der Waals surface area contributed by atoms with Crippen LogP contribution < -0.4 is 10.6 Å². The van der Waals surface area contributed by atoms with Gasteiger partial charge in [-0.3, -0.25) is 4.99 Å². The molecule has 0 radical (unpaired) electrons. The molecule has 0 aromatic carbocycles. The molecule has 2 aliphatic carbocycles. The normalized spacial score (nSPS) is 32.9. The summed E-state index contributed by atoms with van der Waals surface area (Å²) in [6.45, 7) is 2.97. The third-order valence-corrected chi connectivity index (χ3v) is 6.45. The predicted molar refractivity (Wildman–Crippen MR) is 95.3 cm³/mol. The van der Waals surface area contributed by atoms with Gasteiger partial charge < -0.3 is 24.9 Å². The van der Waals surface area contributed by atoms with Crippen LogP contribution in [0.2, 0.25) is 0 Å². The first-order valence-electron chi connectivity index (χ1n) is 9.42. The van der Waals surface area contributed by atoms with E-state index in [1.807, 2.05) is 0 Å². The maximum absolute atomic E-state index is 10.6. The minimum absolute atomic E-state index is 0.280. The molecule has 1 saturated heterocycles. The molecule has 6 nitrogen and oxygen atoms in total. The molecule has 3 N–H and O–H groups in total. The van der Waals surface area contributed by atoms with Crippen LogP contribution in [0.5, 0.6) is 0 Å². The van der Waals surface area contributed by atoms with Crippen molar-refractivity contribution in [3.8, 4) is 0 Å². The molecule has 3 fully saturated rings. The van der Waals surface area contributed by atoms with Gasteiger partial charge in [-0.25, -0.2) is 0 Å². The van der Waals surface area contributed by atoms with Gasteiger partial charge in [-0.05, 0) is 38.3 Å². The second-order valence-corrected chi connectivity index (χ2v) is 7.98. The van der Waals surface area contributed by atoms with E-state index in [0.29, 0.717) is 30.4 Å². The van der Waals surface area contributed by atoms with Gasteiger partial charge in [0.25, 0.3) is 0 Å². The number of guanidine groups is 1. The smallest absolute Gasteiger partial charge is 0.191 e. The molecule has 138 valence electrons.